The third kappa shape index (κ3) is 3.31. The lowest BCUT2D eigenvalue weighted by atomic mass is 10.1. The minimum Gasteiger partial charge on any atom is -0.458 e. The fourth-order valence-electron chi connectivity index (χ4n) is 3.13. The van der Waals surface area contributed by atoms with Crippen LogP contribution in [0.5, 0.6) is 0 Å². The number of hydrogen-bond donors (Lipinski definition) is 0. The molecule has 0 N–H and O–H groups in total. The van der Waals surface area contributed by atoms with Gasteiger partial charge in [0.1, 0.15) is 17.5 Å². The van der Waals surface area contributed by atoms with Crippen LogP contribution in [0.1, 0.15) is 39.2 Å². The summed E-state index contributed by atoms with van der Waals surface area (Å²) in [6, 6.07) is 9.96. The molecule has 1 aliphatic heterocycles. The van der Waals surface area contributed by atoms with E-state index >= 15 is 0 Å². The fourth-order valence-corrected chi connectivity index (χ4v) is 3.13. The van der Waals surface area contributed by atoms with Crippen molar-refractivity contribution in [2.24, 2.45) is 0 Å². The minimum atomic E-state index is -0.460. The van der Waals surface area contributed by atoms with Crippen molar-refractivity contribution in [3.63, 3.8) is 0 Å². The van der Waals surface area contributed by atoms with Gasteiger partial charge in [0.05, 0.1) is 5.52 Å². The molecule has 2 aromatic rings. The molecule has 0 aliphatic carbocycles. The van der Waals surface area contributed by atoms with Gasteiger partial charge in [-0.25, -0.2) is 9.78 Å². The third-order valence-electron chi connectivity index (χ3n) is 4.14. The van der Waals surface area contributed by atoms with Crippen LogP contribution in [0.25, 0.3) is 10.9 Å². The predicted molar refractivity (Wildman–Crippen MR) is 92.7 cm³/mol. The van der Waals surface area contributed by atoms with E-state index in [1.54, 1.807) is 0 Å². The van der Waals surface area contributed by atoms with E-state index in [1.165, 1.54) is 5.56 Å². The number of aromatic nitrogens is 1. The topological polar surface area (TPSA) is 42.4 Å². The van der Waals surface area contributed by atoms with Gasteiger partial charge >= 0.3 is 5.97 Å². The van der Waals surface area contributed by atoms with E-state index < -0.39 is 5.60 Å². The van der Waals surface area contributed by atoms with Crippen molar-refractivity contribution in [3.05, 3.63) is 35.9 Å². The van der Waals surface area contributed by atoms with E-state index in [0.717, 1.165) is 36.1 Å². The lowest BCUT2D eigenvalue weighted by Gasteiger charge is -2.28. The molecule has 0 bridgehead atoms. The van der Waals surface area contributed by atoms with Crippen LogP contribution in [0.4, 0.5) is 5.82 Å². The Morgan fingerprint density at radius 3 is 2.78 bits per heavy atom. The molecule has 1 atom stereocenters. The summed E-state index contributed by atoms with van der Waals surface area (Å²) in [5.74, 6) is 0.720. The molecule has 1 aliphatic rings. The van der Waals surface area contributed by atoms with Gasteiger partial charge in [-0.3, -0.25) is 0 Å². The molecule has 1 aromatic heterocycles. The quantitative estimate of drug-likeness (QED) is 0.790. The highest BCUT2D eigenvalue weighted by molar-refractivity contribution is 5.85. The minimum absolute atomic E-state index is 0.150. The highest BCUT2D eigenvalue weighted by Crippen LogP contribution is 2.29. The van der Waals surface area contributed by atoms with Crippen molar-refractivity contribution in [2.45, 2.75) is 52.2 Å². The summed E-state index contributed by atoms with van der Waals surface area (Å²) < 4.78 is 5.58. The second-order valence-corrected chi connectivity index (χ2v) is 7.20. The molecule has 1 aromatic carbocycles. The van der Waals surface area contributed by atoms with E-state index in [-0.39, 0.29) is 12.0 Å². The molecule has 122 valence electrons. The van der Waals surface area contributed by atoms with Gasteiger partial charge in [0, 0.05) is 11.9 Å². The number of pyridine rings is 1. The van der Waals surface area contributed by atoms with Crippen molar-refractivity contribution in [3.8, 4) is 0 Å². The van der Waals surface area contributed by atoms with E-state index in [4.69, 9.17) is 9.72 Å². The number of ether oxygens (including phenoxy) is 1. The van der Waals surface area contributed by atoms with Crippen molar-refractivity contribution >= 4 is 22.7 Å². The first-order valence-electron chi connectivity index (χ1n) is 8.21. The molecule has 4 nitrogen and oxygen atoms in total. The molecular weight excluding hydrogens is 288 g/mol. The number of hydrogen-bond acceptors (Lipinski definition) is 4. The molecule has 0 amide bonds. The number of para-hydroxylation sites is 1. The Hall–Kier alpha value is -2.10. The molecule has 3 rings (SSSR count). The second-order valence-electron chi connectivity index (χ2n) is 7.20. The van der Waals surface area contributed by atoms with E-state index in [9.17, 15) is 4.79 Å². The Balaban J connectivity index is 1.92. The monoisotopic (exact) mass is 312 g/mol. The molecule has 0 saturated carbocycles. The van der Waals surface area contributed by atoms with Crippen LogP contribution in [0, 0.1) is 6.92 Å². The Morgan fingerprint density at radius 2 is 2.04 bits per heavy atom. The van der Waals surface area contributed by atoms with Gasteiger partial charge in [0.25, 0.3) is 0 Å². The zero-order valence-corrected chi connectivity index (χ0v) is 14.3. The number of benzene rings is 1. The van der Waals surface area contributed by atoms with Gasteiger partial charge in [-0.15, -0.1) is 0 Å². The predicted octanol–water partition coefficient (Wildman–Crippen LogP) is 3.85. The summed E-state index contributed by atoms with van der Waals surface area (Å²) in [4.78, 5) is 19.4. The van der Waals surface area contributed by atoms with E-state index in [0.29, 0.717) is 0 Å². The van der Waals surface area contributed by atoms with Gasteiger partial charge in [0.15, 0.2) is 0 Å². The van der Waals surface area contributed by atoms with Crippen LogP contribution in [0.15, 0.2) is 30.3 Å². The van der Waals surface area contributed by atoms with E-state index in [1.807, 2.05) is 39.0 Å². The van der Waals surface area contributed by atoms with Crippen LogP contribution in [-0.4, -0.2) is 29.1 Å². The number of carbonyl (C=O) groups is 1. The molecule has 0 spiro atoms. The summed E-state index contributed by atoms with van der Waals surface area (Å²) >= 11 is 0. The average molecular weight is 312 g/mol. The first-order chi connectivity index (χ1) is 10.8. The van der Waals surface area contributed by atoms with Crippen LogP contribution >= 0.6 is 0 Å². The number of nitrogens with zero attached hydrogens (tertiary/aromatic N) is 2. The van der Waals surface area contributed by atoms with Gasteiger partial charge in [-0.1, -0.05) is 18.2 Å². The van der Waals surface area contributed by atoms with Crippen molar-refractivity contribution < 1.29 is 9.53 Å². The largest absolute Gasteiger partial charge is 0.458 e. The molecule has 0 radical (unpaired) electrons. The maximum Gasteiger partial charge on any atom is 0.329 e. The van der Waals surface area contributed by atoms with Gasteiger partial charge in [0.2, 0.25) is 0 Å². The lowest BCUT2D eigenvalue weighted by molar-refractivity contribution is -0.156. The maximum absolute atomic E-state index is 12.5. The normalized spacial score (nSPS) is 18.4. The highest BCUT2D eigenvalue weighted by atomic mass is 16.6. The summed E-state index contributed by atoms with van der Waals surface area (Å²) in [6.07, 6.45) is 1.81. The standard InChI is InChI=1S/C19H24N2O2/c1-13-12-17(20-15-9-6-5-8-14(13)15)21-11-7-10-16(21)18(22)23-19(2,3)4/h5-6,8-9,12,16H,7,10-11H2,1-4H3/t16-/m0/s1. The smallest absolute Gasteiger partial charge is 0.329 e. The number of fused-ring (bicyclic) bond motifs is 1. The molecule has 1 saturated heterocycles. The Kier molecular flexibility index (Phi) is 4.00. The Morgan fingerprint density at radius 1 is 1.30 bits per heavy atom. The van der Waals surface area contributed by atoms with Crippen LogP contribution in [0.2, 0.25) is 0 Å². The van der Waals surface area contributed by atoms with Crippen molar-refractivity contribution in [1.82, 2.24) is 4.98 Å². The fraction of sp³-hybridized carbons (Fsp3) is 0.474. The summed E-state index contributed by atoms with van der Waals surface area (Å²) in [6.45, 7) is 8.65. The molecule has 0 unspecified atom stereocenters. The summed E-state index contributed by atoms with van der Waals surface area (Å²) in [7, 11) is 0. The SMILES string of the molecule is Cc1cc(N2CCC[C@H]2C(=O)OC(C)(C)C)nc2ccccc12. The van der Waals surface area contributed by atoms with Gasteiger partial charge < -0.3 is 9.64 Å². The van der Waals surface area contributed by atoms with Gasteiger partial charge in [-0.2, -0.15) is 0 Å². The van der Waals surface area contributed by atoms with Crippen LogP contribution in [0.3, 0.4) is 0 Å². The molecule has 4 heteroatoms. The van der Waals surface area contributed by atoms with Crippen molar-refractivity contribution in [1.29, 1.82) is 0 Å². The molecule has 23 heavy (non-hydrogen) atoms. The maximum atomic E-state index is 12.5. The number of anilines is 1. The zero-order valence-electron chi connectivity index (χ0n) is 14.3. The third-order valence-corrected chi connectivity index (χ3v) is 4.14. The Bertz CT molecular complexity index is 734. The van der Waals surface area contributed by atoms with Crippen LogP contribution in [-0.2, 0) is 9.53 Å². The first-order valence-corrected chi connectivity index (χ1v) is 8.21. The van der Waals surface area contributed by atoms with Crippen molar-refractivity contribution in [2.75, 3.05) is 11.4 Å². The summed E-state index contributed by atoms with van der Waals surface area (Å²) in [5.41, 5.74) is 1.69. The number of rotatable bonds is 2. The number of carbonyl (C=O) groups excluding carboxylic acids is 1. The number of esters is 1. The zero-order chi connectivity index (χ0) is 16.6. The Labute approximate surface area is 137 Å². The molecular formula is C19H24N2O2. The number of aryl methyl sites for hydroxylation is 1. The average Bonchev–Trinajstić information content (AvgIpc) is 2.95. The molecule has 1 fully saturated rings. The summed E-state index contributed by atoms with van der Waals surface area (Å²) in [5, 5.41) is 1.16. The lowest BCUT2D eigenvalue weighted by Crippen LogP contribution is -2.41. The van der Waals surface area contributed by atoms with E-state index in [2.05, 4.69) is 24.0 Å². The molecule has 2 heterocycles. The highest BCUT2D eigenvalue weighted by Gasteiger charge is 2.35. The first kappa shape index (κ1) is 15.8. The second kappa shape index (κ2) is 5.84. The van der Waals surface area contributed by atoms with Crippen LogP contribution < -0.4 is 4.90 Å². The van der Waals surface area contributed by atoms with Gasteiger partial charge in [-0.05, 0) is 58.2 Å².